The third-order valence-corrected chi connectivity index (χ3v) is 4.09. The van der Waals surface area contributed by atoms with Crippen molar-refractivity contribution < 1.29 is 5.11 Å². The Balaban J connectivity index is 1.92. The van der Waals surface area contributed by atoms with Crippen LogP contribution >= 0.6 is 0 Å². The molecular weight excluding hydrogens is 298 g/mol. The van der Waals surface area contributed by atoms with E-state index >= 15 is 0 Å². The molecule has 4 heteroatoms. The van der Waals surface area contributed by atoms with Crippen LogP contribution in [0.15, 0.2) is 66.9 Å². The molecule has 2 heterocycles. The topological polar surface area (TPSA) is 50.9 Å². The average molecular weight is 315 g/mol. The second-order valence-corrected chi connectivity index (χ2v) is 5.85. The Morgan fingerprint density at radius 1 is 1.00 bits per heavy atom. The van der Waals surface area contributed by atoms with Crippen molar-refractivity contribution >= 4 is 11.2 Å². The average Bonchev–Trinajstić information content (AvgIpc) is 2.95. The molecular formula is C20H17N3O. The number of aromatic nitrogens is 3. The minimum atomic E-state index is 0.285. The Morgan fingerprint density at radius 3 is 2.71 bits per heavy atom. The summed E-state index contributed by atoms with van der Waals surface area (Å²) < 4.78 is 2.06. The van der Waals surface area contributed by atoms with Gasteiger partial charge in [-0.2, -0.15) is 0 Å². The molecule has 2 aromatic heterocycles. The van der Waals surface area contributed by atoms with Crippen LogP contribution in [0.3, 0.4) is 0 Å². The second kappa shape index (κ2) is 5.81. The molecule has 0 aliphatic rings. The van der Waals surface area contributed by atoms with Gasteiger partial charge in [-0.1, -0.05) is 30.3 Å². The van der Waals surface area contributed by atoms with Crippen molar-refractivity contribution in [3.63, 3.8) is 0 Å². The number of aryl methyl sites for hydroxylation is 1. The van der Waals surface area contributed by atoms with Gasteiger partial charge in [-0.05, 0) is 42.8 Å². The lowest BCUT2D eigenvalue weighted by Crippen LogP contribution is -2.03. The second-order valence-electron chi connectivity index (χ2n) is 5.85. The number of nitrogens with zero attached hydrogens (tertiary/aromatic N) is 3. The molecule has 0 aliphatic carbocycles. The van der Waals surface area contributed by atoms with E-state index in [9.17, 15) is 5.11 Å². The van der Waals surface area contributed by atoms with Crippen molar-refractivity contribution in [2.75, 3.05) is 0 Å². The Kier molecular flexibility index (Phi) is 3.50. The van der Waals surface area contributed by atoms with Crippen LogP contribution in [0.25, 0.3) is 16.9 Å². The van der Waals surface area contributed by atoms with Crippen LogP contribution < -0.4 is 0 Å². The number of pyridine rings is 1. The lowest BCUT2D eigenvalue weighted by atomic mass is 10.1. The van der Waals surface area contributed by atoms with Crippen LogP contribution in [0, 0.1) is 6.92 Å². The Morgan fingerprint density at radius 2 is 1.88 bits per heavy atom. The zero-order valence-corrected chi connectivity index (χ0v) is 13.3. The van der Waals surface area contributed by atoms with E-state index in [2.05, 4.69) is 34.7 Å². The summed E-state index contributed by atoms with van der Waals surface area (Å²) in [5.74, 6) is 1.14. The fraction of sp³-hybridized carbons (Fsp3) is 0.100. The summed E-state index contributed by atoms with van der Waals surface area (Å²) in [6, 6.07) is 19.5. The molecule has 0 unspecified atom stereocenters. The molecule has 4 rings (SSSR count). The number of phenolic OH excluding ortho intramolecular Hbond substituents is 1. The lowest BCUT2D eigenvalue weighted by Gasteiger charge is -2.10. The minimum absolute atomic E-state index is 0.285. The van der Waals surface area contributed by atoms with E-state index in [0.717, 1.165) is 28.2 Å². The van der Waals surface area contributed by atoms with Crippen molar-refractivity contribution in [3.05, 3.63) is 83.8 Å². The first kappa shape index (κ1) is 14.5. The van der Waals surface area contributed by atoms with Crippen LogP contribution in [-0.2, 0) is 6.42 Å². The highest BCUT2D eigenvalue weighted by molar-refractivity contribution is 5.74. The van der Waals surface area contributed by atoms with E-state index < -0.39 is 0 Å². The molecule has 4 aromatic rings. The van der Waals surface area contributed by atoms with Crippen LogP contribution in [0.2, 0.25) is 0 Å². The minimum Gasteiger partial charge on any atom is -0.508 e. The maximum absolute atomic E-state index is 10.1. The van der Waals surface area contributed by atoms with E-state index in [0.29, 0.717) is 6.42 Å². The van der Waals surface area contributed by atoms with Gasteiger partial charge in [0.25, 0.3) is 0 Å². The molecule has 118 valence electrons. The highest BCUT2D eigenvalue weighted by Gasteiger charge is 2.15. The van der Waals surface area contributed by atoms with Crippen molar-refractivity contribution in [2.45, 2.75) is 13.3 Å². The summed E-state index contributed by atoms with van der Waals surface area (Å²) >= 11 is 0. The monoisotopic (exact) mass is 315 g/mol. The Hall–Kier alpha value is -3.14. The first-order valence-corrected chi connectivity index (χ1v) is 7.88. The first-order valence-electron chi connectivity index (χ1n) is 7.88. The molecule has 0 bridgehead atoms. The van der Waals surface area contributed by atoms with Crippen molar-refractivity contribution in [1.29, 1.82) is 0 Å². The van der Waals surface area contributed by atoms with E-state index in [4.69, 9.17) is 4.98 Å². The largest absolute Gasteiger partial charge is 0.508 e. The molecule has 0 amide bonds. The third kappa shape index (κ3) is 2.52. The lowest BCUT2D eigenvalue weighted by molar-refractivity contribution is 0.469. The summed E-state index contributed by atoms with van der Waals surface area (Å²) in [5, 5.41) is 10.1. The SMILES string of the molecule is Cc1cccc(-n2c(Cc3ccccc3O)nc3cccnc32)c1. The third-order valence-electron chi connectivity index (χ3n) is 4.09. The maximum Gasteiger partial charge on any atom is 0.164 e. The first-order chi connectivity index (χ1) is 11.7. The number of benzene rings is 2. The molecule has 0 fully saturated rings. The fourth-order valence-electron chi connectivity index (χ4n) is 2.95. The van der Waals surface area contributed by atoms with Crippen molar-refractivity contribution in [1.82, 2.24) is 14.5 Å². The molecule has 0 spiro atoms. The summed E-state index contributed by atoms with van der Waals surface area (Å²) in [6.07, 6.45) is 2.32. The highest BCUT2D eigenvalue weighted by atomic mass is 16.3. The van der Waals surface area contributed by atoms with E-state index in [1.165, 1.54) is 5.56 Å². The Bertz CT molecular complexity index is 1020. The summed E-state index contributed by atoms with van der Waals surface area (Å²) in [6.45, 7) is 2.07. The number of hydrogen-bond acceptors (Lipinski definition) is 3. The number of phenols is 1. The van der Waals surface area contributed by atoms with Gasteiger partial charge >= 0.3 is 0 Å². The van der Waals surface area contributed by atoms with Crippen molar-refractivity contribution in [2.24, 2.45) is 0 Å². The van der Waals surface area contributed by atoms with Gasteiger partial charge in [-0.15, -0.1) is 0 Å². The molecule has 0 aliphatic heterocycles. The number of para-hydroxylation sites is 1. The van der Waals surface area contributed by atoms with E-state index in [-0.39, 0.29) is 5.75 Å². The molecule has 0 radical (unpaired) electrons. The van der Waals surface area contributed by atoms with Crippen molar-refractivity contribution in [3.8, 4) is 11.4 Å². The van der Waals surface area contributed by atoms with Crippen LogP contribution in [-0.4, -0.2) is 19.6 Å². The standard InChI is InChI=1S/C20H17N3O/c1-14-6-4-8-16(12-14)23-19(13-15-7-2-3-10-18(15)24)22-17-9-5-11-21-20(17)23/h2-12,24H,13H2,1H3. The number of rotatable bonds is 3. The van der Waals surface area contributed by atoms with Crippen LogP contribution in [0.4, 0.5) is 0 Å². The van der Waals surface area contributed by atoms with Crippen LogP contribution in [0.1, 0.15) is 17.0 Å². The van der Waals surface area contributed by atoms with Gasteiger partial charge in [0.05, 0.1) is 0 Å². The summed E-state index contributed by atoms with van der Waals surface area (Å²) in [5.41, 5.74) is 4.74. The summed E-state index contributed by atoms with van der Waals surface area (Å²) in [7, 11) is 0. The van der Waals surface area contributed by atoms with Gasteiger partial charge in [-0.3, -0.25) is 4.57 Å². The predicted molar refractivity (Wildman–Crippen MR) is 94.5 cm³/mol. The quantitative estimate of drug-likeness (QED) is 0.621. The maximum atomic E-state index is 10.1. The molecule has 4 nitrogen and oxygen atoms in total. The van der Waals surface area contributed by atoms with Crippen LogP contribution in [0.5, 0.6) is 5.75 Å². The molecule has 1 N–H and O–H groups in total. The van der Waals surface area contributed by atoms with Gasteiger partial charge in [0, 0.05) is 23.9 Å². The number of fused-ring (bicyclic) bond motifs is 1. The number of imidazole rings is 1. The molecule has 0 atom stereocenters. The zero-order chi connectivity index (χ0) is 16.5. The molecule has 24 heavy (non-hydrogen) atoms. The van der Waals surface area contributed by atoms with Gasteiger partial charge in [0.1, 0.15) is 17.1 Å². The normalized spacial score (nSPS) is 11.0. The van der Waals surface area contributed by atoms with Gasteiger partial charge < -0.3 is 5.11 Å². The van der Waals surface area contributed by atoms with Gasteiger partial charge in [0.15, 0.2) is 5.65 Å². The molecule has 0 saturated heterocycles. The Labute approximate surface area is 140 Å². The fourth-order valence-corrected chi connectivity index (χ4v) is 2.95. The van der Waals surface area contributed by atoms with Gasteiger partial charge in [0.2, 0.25) is 0 Å². The molecule has 0 saturated carbocycles. The highest BCUT2D eigenvalue weighted by Crippen LogP contribution is 2.25. The molecule has 2 aromatic carbocycles. The zero-order valence-electron chi connectivity index (χ0n) is 13.3. The number of hydrogen-bond donors (Lipinski definition) is 1. The summed E-state index contributed by atoms with van der Waals surface area (Å²) in [4.78, 5) is 9.25. The number of aromatic hydroxyl groups is 1. The smallest absolute Gasteiger partial charge is 0.164 e. The van der Waals surface area contributed by atoms with E-state index in [1.54, 1.807) is 12.3 Å². The predicted octanol–water partition coefficient (Wildman–Crippen LogP) is 4.03. The van der Waals surface area contributed by atoms with Gasteiger partial charge in [-0.25, -0.2) is 9.97 Å². The van der Waals surface area contributed by atoms with E-state index in [1.807, 2.05) is 36.4 Å².